The van der Waals surface area contributed by atoms with Gasteiger partial charge in [-0.2, -0.15) is 0 Å². The molecule has 5 heteroatoms. The molecule has 0 heterocycles. The summed E-state index contributed by atoms with van der Waals surface area (Å²) in [5.41, 5.74) is 6.40. The zero-order valence-corrected chi connectivity index (χ0v) is 6.91. The minimum atomic E-state index is -0.494. The van der Waals surface area contributed by atoms with Gasteiger partial charge < -0.3 is 5.73 Å². The maximum atomic E-state index is 10.3. The molecule has 1 aromatic rings. The van der Waals surface area contributed by atoms with Crippen molar-refractivity contribution in [1.82, 2.24) is 0 Å². The smallest absolute Gasteiger partial charge is 0.271 e. The lowest BCUT2D eigenvalue weighted by molar-refractivity contribution is -0.384. The molecular formula is C7H7ClN2O2. The Labute approximate surface area is 74.1 Å². The third-order valence-corrected chi connectivity index (χ3v) is 1.67. The number of halogens is 1. The second-order valence-electron chi connectivity index (χ2n) is 2.32. The van der Waals surface area contributed by atoms with E-state index in [2.05, 4.69) is 0 Å². The van der Waals surface area contributed by atoms with Crippen molar-refractivity contribution in [3.63, 3.8) is 0 Å². The lowest BCUT2D eigenvalue weighted by Crippen LogP contribution is -1.93. The largest absolute Gasteiger partial charge is 0.399 e. The van der Waals surface area contributed by atoms with E-state index in [0.717, 1.165) is 0 Å². The van der Waals surface area contributed by atoms with Gasteiger partial charge in [0.05, 0.1) is 4.92 Å². The fraction of sp³-hybridized carbons (Fsp3) is 0.143. The van der Waals surface area contributed by atoms with Crippen molar-refractivity contribution in [1.29, 1.82) is 0 Å². The minimum absolute atomic E-state index is 0.0225. The van der Waals surface area contributed by atoms with Crippen LogP contribution < -0.4 is 5.73 Å². The highest BCUT2D eigenvalue weighted by atomic mass is 35.5. The van der Waals surface area contributed by atoms with E-state index in [9.17, 15) is 10.1 Å². The van der Waals surface area contributed by atoms with Crippen LogP contribution in [0.25, 0.3) is 0 Å². The first-order valence-electron chi connectivity index (χ1n) is 3.23. The second kappa shape index (κ2) is 3.40. The molecule has 4 nitrogen and oxygen atoms in total. The Bertz CT molecular complexity index is 314. The van der Waals surface area contributed by atoms with Gasteiger partial charge >= 0.3 is 0 Å². The summed E-state index contributed by atoms with van der Waals surface area (Å²) in [6.45, 7) is 0. The minimum Gasteiger partial charge on any atom is -0.399 e. The standard InChI is InChI=1S/C7H7ClN2O2/c8-4-5-1-6(9)3-7(2-5)10(11)12/h1-3H,4,9H2. The third kappa shape index (κ3) is 1.85. The molecule has 0 aliphatic rings. The molecule has 2 N–H and O–H groups in total. The number of hydrogen-bond acceptors (Lipinski definition) is 3. The fourth-order valence-corrected chi connectivity index (χ4v) is 1.04. The number of alkyl halides is 1. The highest BCUT2D eigenvalue weighted by Gasteiger charge is 2.07. The predicted octanol–water partition coefficient (Wildman–Crippen LogP) is 1.92. The Balaban J connectivity index is 3.15. The molecule has 0 aliphatic heterocycles. The van der Waals surface area contributed by atoms with E-state index in [1.54, 1.807) is 6.07 Å². The number of nitrogen functional groups attached to an aromatic ring is 1. The summed E-state index contributed by atoms with van der Waals surface area (Å²) >= 11 is 5.50. The summed E-state index contributed by atoms with van der Waals surface area (Å²) < 4.78 is 0. The van der Waals surface area contributed by atoms with Gasteiger partial charge in [-0.15, -0.1) is 11.6 Å². The molecule has 64 valence electrons. The lowest BCUT2D eigenvalue weighted by atomic mass is 10.2. The van der Waals surface area contributed by atoms with Crippen LogP contribution in [0.4, 0.5) is 11.4 Å². The molecule has 0 amide bonds. The van der Waals surface area contributed by atoms with Crippen LogP contribution in [-0.4, -0.2) is 4.92 Å². The summed E-state index contributed by atoms with van der Waals surface area (Å²) in [6.07, 6.45) is 0. The SMILES string of the molecule is Nc1cc(CCl)cc([N+](=O)[O-])c1. The van der Waals surface area contributed by atoms with Crippen LogP contribution in [0.5, 0.6) is 0 Å². The van der Waals surface area contributed by atoms with E-state index in [4.69, 9.17) is 17.3 Å². The van der Waals surface area contributed by atoms with Crippen LogP contribution in [-0.2, 0) is 5.88 Å². The average molecular weight is 187 g/mol. The molecule has 0 radical (unpaired) electrons. The van der Waals surface area contributed by atoms with Crippen molar-refractivity contribution in [3.8, 4) is 0 Å². The first kappa shape index (κ1) is 8.80. The number of hydrogen-bond donors (Lipinski definition) is 1. The molecule has 0 saturated heterocycles. The zero-order valence-electron chi connectivity index (χ0n) is 6.16. The maximum absolute atomic E-state index is 10.3. The van der Waals surface area contributed by atoms with Crippen LogP contribution >= 0.6 is 11.6 Å². The summed E-state index contributed by atoms with van der Waals surface area (Å²) in [6, 6.07) is 4.32. The molecule has 0 aromatic heterocycles. The summed E-state index contributed by atoms with van der Waals surface area (Å²) in [5.74, 6) is 0.228. The first-order valence-corrected chi connectivity index (χ1v) is 3.76. The number of nitrogens with zero attached hydrogens (tertiary/aromatic N) is 1. The summed E-state index contributed by atoms with van der Waals surface area (Å²) in [7, 11) is 0. The van der Waals surface area contributed by atoms with Crippen LogP contribution in [0.1, 0.15) is 5.56 Å². The molecule has 1 rings (SSSR count). The molecule has 0 spiro atoms. The number of non-ortho nitro benzene ring substituents is 1. The fourth-order valence-electron chi connectivity index (χ4n) is 0.882. The lowest BCUT2D eigenvalue weighted by Gasteiger charge is -1.97. The van der Waals surface area contributed by atoms with E-state index in [1.807, 2.05) is 0 Å². The third-order valence-electron chi connectivity index (χ3n) is 1.37. The molecule has 0 saturated carbocycles. The molecule has 0 unspecified atom stereocenters. The normalized spacial score (nSPS) is 9.75. The Morgan fingerprint density at radius 2 is 2.17 bits per heavy atom. The molecule has 0 fully saturated rings. The van der Waals surface area contributed by atoms with Gasteiger partial charge in [0.1, 0.15) is 0 Å². The van der Waals surface area contributed by atoms with Gasteiger partial charge in [-0.25, -0.2) is 0 Å². The Hall–Kier alpha value is -1.29. The van der Waals surface area contributed by atoms with Crippen molar-refractivity contribution in [3.05, 3.63) is 33.9 Å². The predicted molar refractivity (Wildman–Crippen MR) is 47.1 cm³/mol. The van der Waals surface area contributed by atoms with E-state index in [-0.39, 0.29) is 11.6 Å². The highest BCUT2D eigenvalue weighted by Crippen LogP contribution is 2.19. The molecular weight excluding hydrogens is 180 g/mol. The van der Waals surface area contributed by atoms with Crippen LogP contribution in [0.2, 0.25) is 0 Å². The average Bonchev–Trinajstić information content (AvgIpc) is 2.03. The Kier molecular flexibility index (Phi) is 2.50. The summed E-state index contributed by atoms with van der Waals surface area (Å²) in [4.78, 5) is 9.83. The van der Waals surface area contributed by atoms with Crippen molar-refractivity contribution in [2.24, 2.45) is 0 Å². The van der Waals surface area contributed by atoms with Gasteiger partial charge in [0.2, 0.25) is 0 Å². The molecule has 0 bridgehead atoms. The summed E-state index contributed by atoms with van der Waals surface area (Å²) in [5, 5.41) is 10.3. The van der Waals surface area contributed by atoms with Crippen molar-refractivity contribution in [2.45, 2.75) is 5.88 Å². The number of nitrogens with two attached hydrogens (primary N) is 1. The molecule has 0 aliphatic carbocycles. The quantitative estimate of drug-likeness (QED) is 0.332. The van der Waals surface area contributed by atoms with Crippen molar-refractivity contribution >= 4 is 23.0 Å². The Morgan fingerprint density at radius 3 is 2.67 bits per heavy atom. The van der Waals surface area contributed by atoms with Crippen LogP contribution in [0, 0.1) is 10.1 Å². The number of benzene rings is 1. The topological polar surface area (TPSA) is 69.2 Å². The van der Waals surface area contributed by atoms with Crippen molar-refractivity contribution < 1.29 is 4.92 Å². The van der Waals surface area contributed by atoms with Gasteiger partial charge in [0, 0.05) is 23.7 Å². The maximum Gasteiger partial charge on any atom is 0.271 e. The highest BCUT2D eigenvalue weighted by molar-refractivity contribution is 6.17. The van der Waals surface area contributed by atoms with Crippen LogP contribution in [0.15, 0.2) is 18.2 Å². The van der Waals surface area contributed by atoms with E-state index < -0.39 is 4.92 Å². The molecule has 12 heavy (non-hydrogen) atoms. The second-order valence-corrected chi connectivity index (χ2v) is 2.59. The molecule has 0 atom stereocenters. The van der Waals surface area contributed by atoms with Crippen molar-refractivity contribution in [2.75, 3.05) is 5.73 Å². The first-order chi connectivity index (χ1) is 5.63. The number of anilines is 1. The van der Waals surface area contributed by atoms with Gasteiger partial charge in [0.25, 0.3) is 5.69 Å². The zero-order chi connectivity index (χ0) is 9.14. The van der Waals surface area contributed by atoms with Gasteiger partial charge in [0.15, 0.2) is 0 Å². The van der Waals surface area contributed by atoms with E-state index in [0.29, 0.717) is 11.3 Å². The molecule has 1 aromatic carbocycles. The Morgan fingerprint density at radius 1 is 1.50 bits per heavy atom. The number of rotatable bonds is 2. The monoisotopic (exact) mass is 186 g/mol. The number of nitro benzene ring substituents is 1. The van der Waals surface area contributed by atoms with Crippen LogP contribution in [0.3, 0.4) is 0 Å². The van der Waals surface area contributed by atoms with Gasteiger partial charge in [-0.1, -0.05) is 0 Å². The van der Waals surface area contributed by atoms with E-state index in [1.165, 1.54) is 12.1 Å². The van der Waals surface area contributed by atoms with E-state index >= 15 is 0 Å². The number of nitro groups is 1. The van der Waals surface area contributed by atoms with Gasteiger partial charge in [-0.05, 0) is 11.6 Å². The van der Waals surface area contributed by atoms with Gasteiger partial charge in [-0.3, -0.25) is 10.1 Å².